The van der Waals surface area contributed by atoms with Gasteiger partial charge in [-0.2, -0.15) is 5.10 Å². The first-order valence-electron chi connectivity index (χ1n) is 11.2. The molecule has 0 atom stereocenters. The summed E-state index contributed by atoms with van der Waals surface area (Å²) in [7, 11) is -2.82. The van der Waals surface area contributed by atoms with Crippen LogP contribution in [0.2, 0.25) is 0 Å². The Balaban J connectivity index is 1.51. The van der Waals surface area contributed by atoms with Crippen molar-refractivity contribution in [3.63, 3.8) is 0 Å². The largest absolute Gasteiger partial charge is 0.480 e. The summed E-state index contributed by atoms with van der Waals surface area (Å²) >= 11 is 0. The quantitative estimate of drug-likeness (QED) is 0.337. The van der Waals surface area contributed by atoms with Crippen LogP contribution in [-0.4, -0.2) is 39.7 Å². The molecular formula is C25H20F2N6O4S. The lowest BCUT2D eigenvalue weighted by Gasteiger charge is -2.13. The van der Waals surface area contributed by atoms with Crippen LogP contribution in [-0.2, 0) is 15.8 Å². The number of aromatic nitrogens is 5. The maximum atomic E-state index is 14.0. The number of methoxy groups -OCH3 is 1. The lowest BCUT2D eigenvalue weighted by molar-refractivity contribution is 0.400. The summed E-state index contributed by atoms with van der Waals surface area (Å²) in [6.07, 6.45) is 6.11. The Labute approximate surface area is 215 Å². The van der Waals surface area contributed by atoms with Gasteiger partial charge >= 0.3 is 0 Å². The van der Waals surface area contributed by atoms with Crippen LogP contribution in [0, 0.1) is 18.6 Å². The number of hydrogen-bond donors (Lipinski definition) is 1. The molecule has 0 bridgehead atoms. The molecule has 0 amide bonds. The molecule has 194 valence electrons. The molecule has 4 aromatic heterocycles. The number of rotatable bonds is 7. The van der Waals surface area contributed by atoms with Crippen molar-refractivity contribution < 1.29 is 21.9 Å². The standard InChI is InChI=1S/C25H20F2N6O4S/c1-15-7-8-33(30-15)22-12-28-23-6-4-16(13-32(23)25(22)34)18-9-21(24(37-2)29-11-18)31-38(35,36)14-17-3-5-19(26)10-20(17)27/h3-13,31H,14H2,1-2H3. The predicted molar refractivity (Wildman–Crippen MR) is 136 cm³/mol. The Morgan fingerprint density at radius 1 is 1.03 bits per heavy atom. The zero-order chi connectivity index (χ0) is 27.0. The van der Waals surface area contributed by atoms with Crippen molar-refractivity contribution in [1.29, 1.82) is 0 Å². The molecule has 0 saturated heterocycles. The molecule has 13 heteroatoms. The number of nitrogens with one attached hydrogen (secondary N) is 1. The molecule has 38 heavy (non-hydrogen) atoms. The minimum absolute atomic E-state index is 0.00106. The number of ether oxygens (including phenoxy) is 1. The summed E-state index contributed by atoms with van der Waals surface area (Å²) in [5.41, 5.74) is 1.83. The Kier molecular flexibility index (Phi) is 6.36. The summed E-state index contributed by atoms with van der Waals surface area (Å²) in [6, 6.07) is 9.24. The van der Waals surface area contributed by atoms with Gasteiger partial charge in [0.05, 0.1) is 24.8 Å². The van der Waals surface area contributed by atoms with E-state index in [0.717, 1.165) is 17.8 Å². The molecule has 0 saturated carbocycles. The molecule has 0 aliphatic heterocycles. The summed E-state index contributed by atoms with van der Waals surface area (Å²) in [5, 5.41) is 4.27. The number of benzene rings is 1. The van der Waals surface area contributed by atoms with Gasteiger partial charge in [-0.05, 0) is 37.3 Å². The summed E-state index contributed by atoms with van der Waals surface area (Å²) < 4.78 is 63.2. The third kappa shape index (κ3) is 4.95. The Bertz CT molecular complexity index is 1850. The zero-order valence-electron chi connectivity index (χ0n) is 20.1. The van der Waals surface area contributed by atoms with E-state index in [1.165, 1.54) is 34.7 Å². The van der Waals surface area contributed by atoms with Crippen molar-refractivity contribution in [2.24, 2.45) is 0 Å². The van der Waals surface area contributed by atoms with Crippen molar-refractivity contribution in [3.8, 4) is 22.7 Å². The molecule has 1 aromatic carbocycles. The minimum atomic E-state index is -4.14. The molecule has 0 aliphatic carbocycles. The van der Waals surface area contributed by atoms with Crippen molar-refractivity contribution in [2.45, 2.75) is 12.7 Å². The Morgan fingerprint density at radius 3 is 2.55 bits per heavy atom. The van der Waals surface area contributed by atoms with Crippen molar-refractivity contribution in [2.75, 3.05) is 11.8 Å². The highest BCUT2D eigenvalue weighted by Gasteiger charge is 2.19. The molecule has 10 nitrogen and oxygen atoms in total. The van der Waals surface area contributed by atoms with E-state index in [0.29, 0.717) is 22.8 Å². The van der Waals surface area contributed by atoms with E-state index >= 15 is 0 Å². The van der Waals surface area contributed by atoms with Gasteiger partial charge < -0.3 is 4.74 Å². The number of halogens is 2. The Morgan fingerprint density at radius 2 is 1.84 bits per heavy atom. The van der Waals surface area contributed by atoms with E-state index in [1.54, 1.807) is 37.5 Å². The van der Waals surface area contributed by atoms with E-state index < -0.39 is 27.4 Å². The van der Waals surface area contributed by atoms with Crippen molar-refractivity contribution in [3.05, 3.63) is 100 Å². The highest BCUT2D eigenvalue weighted by molar-refractivity contribution is 7.91. The third-order valence-corrected chi connectivity index (χ3v) is 6.88. The molecule has 0 unspecified atom stereocenters. The average molecular weight is 539 g/mol. The third-order valence-electron chi connectivity index (χ3n) is 5.66. The normalized spacial score (nSPS) is 11.6. The second kappa shape index (κ2) is 9.67. The maximum absolute atomic E-state index is 14.0. The SMILES string of the molecule is COc1ncc(-c2ccc3ncc(-n4ccc(C)n4)c(=O)n3c2)cc1NS(=O)(=O)Cc1ccc(F)cc1F. The summed E-state index contributed by atoms with van der Waals surface area (Å²) in [5.74, 6) is -2.55. The highest BCUT2D eigenvalue weighted by Crippen LogP contribution is 2.29. The number of pyridine rings is 2. The molecule has 0 aliphatic rings. The van der Waals surface area contributed by atoms with E-state index in [2.05, 4.69) is 19.8 Å². The Hall–Kier alpha value is -4.65. The van der Waals surface area contributed by atoms with E-state index in [1.807, 2.05) is 0 Å². The summed E-state index contributed by atoms with van der Waals surface area (Å²) in [6.45, 7) is 1.80. The molecular weight excluding hydrogens is 518 g/mol. The first-order chi connectivity index (χ1) is 18.1. The fraction of sp³-hybridized carbons (Fsp3) is 0.120. The van der Waals surface area contributed by atoms with Gasteiger partial charge in [-0.15, -0.1) is 0 Å². The predicted octanol–water partition coefficient (Wildman–Crippen LogP) is 3.48. The van der Waals surface area contributed by atoms with Crippen LogP contribution in [0.1, 0.15) is 11.3 Å². The number of sulfonamides is 1. The van der Waals surface area contributed by atoms with Crippen LogP contribution in [0.3, 0.4) is 0 Å². The van der Waals surface area contributed by atoms with Gasteiger partial charge in [0.2, 0.25) is 15.9 Å². The zero-order valence-corrected chi connectivity index (χ0v) is 20.9. The van der Waals surface area contributed by atoms with Crippen LogP contribution in [0.15, 0.2) is 72.0 Å². The number of hydrogen-bond acceptors (Lipinski definition) is 7. The monoisotopic (exact) mass is 538 g/mol. The van der Waals surface area contributed by atoms with Crippen LogP contribution >= 0.6 is 0 Å². The van der Waals surface area contributed by atoms with Gasteiger partial charge in [-0.3, -0.25) is 13.9 Å². The van der Waals surface area contributed by atoms with Crippen LogP contribution in [0.4, 0.5) is 14.5 Å². The van der Waals surface area contributed by atoms with Gasteiger partial charge in [0.1, 0.15) is 28.7 Å². The van der Waals surface area contributed by atoms with Gasteiger partial charge in [-0.1, -0.05) is 6.07 Å². The molecule has 0 fully saturated rings. The molecule has 4 heterocycles. The van der Waals surface area contributed by atoms with Crippen LogP contribution < -0.4 is 15.0 Å². The lowest BCUT2D eigenvalue weighted by atomic mass is 10.1. The fourth-order valence-corrected chi connectivity index (χ4v) is 5.03. The highest BCUT2D eigenvalue weighted by atomic mass is 32.2. The maximum Gasteiger partial charge on any atom is 0.283 e. The second-order valence-corrected chi connectivity index (χ2v) is 10.1. The van der Waals surface area contributed by atoms with Crippen molar-refractivity contribution >= 4 is 21.4 Å². The van der Waals surface area contributed by atoms with Gasteiger partial charge in [-0.25, -0.2) is 31.8 Å². The minimum Gasteiger partial charge on any atom is -0.480 e. The van der Waals surface area contributed by atoms with Crippen LogP contribution in [0.25, 0.3) is 22.5 Å². The van der Waals surface area contributed by atoms with E-state index in [4.69, 9.17) is 4.74 Å². The fourth-order valence-electron chi connectivity index (χ4n) is 3.84. The first-order valence-corrected chi connectivity index (χ1v) is 12.8. The molecule has 0 spiro atoms. The molecule has 1 N–H and O–H groups in total. The van der Waals surface area contributed by atoms with E-state index in [9.17, 15) is 22.0 Å². The number of nitrogens with zero attached hydrogens (tertiary/aromatic N) is 5. The average Bonchev–Trinajstić information content (AvgIpc) is 3.31. The molecule has 0 radical (unpaired) electrons. The number of fused-ring (bicyclic) bond motifs is 1. The number of anilines is 1. The molecule has 5 rings (SSSR count). The van der Waals surface area contributed by atoms with Gasteiger partial charge in [0.25, 0.3) is 5.56 Å². The second-order valence-electron chi connectivity index (χ2n) is 8.37. The van der Waals surface area contributed by atoms with Gasteiger partial charge in [0.15, 0.2) is 0 Å². The lowest BCUT2D eigenvalue weighted by Crippen LogP contribution is -2.21. The van der Waals surface area contributed by atoms with Crippen molar-refractivity contribution in [1.82, 2.24) is 24.1 Å². The van der Waals surface area contributed by atoms with E-state index in [-0.39, 0.29) is 28.4 Å². The number of aryl methyl sites for hydroxylation is 1. The summed E-state index contributed by atoms with van der Waals surface area (Å²) in [4.78, 5) is 21.7. The smallest absolute Gasteiger partial charge is 0.283 e. The topological polar surface area (TPSA) is 120 Å². The van der Waals surface area contributed by atoms with Gasteiger partial charge in [0, 0.05) is 41.3 Å². The van der Waals surface area contributed by atoms with Crippen LogP contribution in [0.5, 0.6) is 5.88 Å². The molecule has 5 aromatic rings. The first kappa shape index (κ1) is 25.0.